The van der Waals surface area contributed by atoms with E-state index >= 15 is 0 Å². The second-order valence-electron chi connectivity index (χ2n) is 38.4. The molecule has 31 rings (SSSR count). The third-order valence-corrected chi connectivity index (χ3v) is 31.2. The first kappa shape index (κ1) is 84.5. The normalized spacial score (nSPS) is 11.9. The lowest BCUT2D eigenvalue weighted by Gasteiger charge is -2.11. The topological polar surface area (TPSA) is 39.4 Å². The van der Waals surface area contributed by atoms with E-state index in [1.807, 2.05) is 11.3 Å². The predicted octanol–water partition coefficient (Wildman–Crippen LogP) is 36.7. The molecule has 0 unspecified atom stereocenters. The van der Waals surface area contributed by atoms with Gasteiger partial charge >= 0.3 is 0 Å². The largest absolute Gasteiger partial charge is 0.344 e. The Kier molecular flexibility index (Phi) is 19.9. The fraction of sp³-hybridized carbons (Fsp3) is 0.0294. The predicted molar refractivity (Wildman–Crippen MR) is 618 cm³/mol. The summed E-state index contributed by atoms with van der Waals surface area (Å²) in [6, 6.07) is 180. The van der Waals surface area contributed by atoms with Crippen molar-refractivity contribution in [3.05, 3.63) is 514 Å². The van der Waals surface area contributed by atoms with E-state index in [0.717, 1.165) is 0 Å². The van der Waals surface area contributed by atoms with E-state index in [1.165, 1.54) is 273 Å². The van der Waals surface area contributed by atoms with Gasteiger partial charge in [0.25, 0.3) is 0 Å². The number of thiophene rings is 1. The van der Waals surface area contributed by atoms with Crippen molar-refractivity contribution in [1.29, 1.82) is 0 Å². The molecule has 0 aliphatic carbocycles. The van der Waals surface area contributed by atoms with Crippen molar-refractivity contribution >= 4 is 206 Å². The highest BCUT2D eigenvalue weighted by Crippen LogP contribution is 2.50. The first-order chi connectivity index (χ1) is 71.7. The SMILES string of the molecule is Cc1cccc(-n2c3ccccc3c3c4c5ccccc5n(-c5ccc(-c6ccccc6)cc5)c4ccc32)c1.Cc1cccc(-n2c3ccccc3c3c4c5ccccc5n(-c5cccc(-c6ccccc6)c5)c4ccc32)c1.Cc1cccc(-n2c3ccccc3c3c4c5ccccc5n(-c5ccccc5)c4ccc32)c1.Cn1c2ccccc2c2c3c4ccccc4n(-c4cccc5c4sc4ccccc45)c3ccc21. The van der Waals surface area contributed by atoms with Crippen LogP contribution in [-0.2, 0) is 7.05 Å². The highest BCUT2D eigenvalue weighted by molar-refractivity contribution is 7.26. The zero-order valence-electron chi connectivity index (χ0n) is 80.3. The van der Waals surface area contributed by atoms with Crippen molar-refractivity contribution < 1.29 is 0 Å². The van der Waals surface area contributed by atoms with Gasteiger partial charge in [-0.2, -0.15) is 0 Å². The third kappa shape index (κ3) is 13.5. The molecule has 9 aromatic heterocycles. The standard InChI is InChI=1S/2C37H26N2.C31H20N2S.C31H22N2/c1-25-11-9-15-28(23-25)38-32-19-7-5-17-30(32)36-34(38)21-22-35-37(36)31-18-6-8-20-33(31)39(35)29-16-10-14-27(24-29)26-12-3-2-4-13-26;1-25-10-9-13-29(24-25)39-33-17-8-6-15-31(33)37-35(39)23-22-34-36(37)30-14-5-7-16-32(30)38(34)28-20-18-27(19-21-28)26-11-3-2-4-12-26;1-32-23-13-5-2-10-21(23)29-25(32)17-18-26-30(29)22-11-3-6-14-24(22)33(26)27-15-8-12-20-19-9-4-7-16-28(19)34-31(20)27;1-21-10-9-13-23(20-21)33-27-17-8-6-15-25(27)31-29(33)19-18-28-30(31)24-14-5-7-16-26(24)32(28)22-11-3-2-4-12-22/h2*2-24H,1H3;2-18H,1H3;2-20H,1H3. The van der Waals surface area contributed by atoms with Crippen LogP contribution in [-0.4, -0.2) is 36.5 Å². The van der Waals surface area contributed by atoms with Gasteiger partial charge in [0.15, 0.2) is 0 Å². The summed E-state index contributed by atoms with van der Waals surface area (Å²) in [7, 11) is 2.17. The molecule has 31 aromatic rings. The van der Waals surface area contributed by atoms with Crippen LogP contribution in [0.5, 0.6) is 0 Å². The van der Waals surface area contributed by atoms with Gasteiger partial charge in [-0.1, -0.05) is 315 Å². The molecule has 145 heavy (non-hydrogen) atoms. The Morgan fingerprint density at radius 1 is 0.152 bits per heavy atom. The van der Waals surface area contributed by atoms with Crippen LogP contribution in [0.2, 0.25) is 0 Å². The Morgan fingerprint density at radius 2 is 0.393 bits per heavy atom. The molecule has 0 saturated heterocycles. The second kappa shape index (κ2) is 34.2. The van der Waals surface area contributed by atoms with E-state index in [-0.39, 0.29) is 0 Å². The number of benzene rings is 22. The van der Waals surface area contributed by atoms with Gasteiger partial charge in [-0.15, -0.1) is 11.3 Å². The van der Waals surface area contributed by atoms with Gasteiger partial charge in [0.05, 0.1) is 87.6 Å². The Hall–Kier alpha value is -18.5. The molecule has 22 aromatic carbocycles. The van der Waals surface area contributed by atoms with Crippen molar-refractivity contribution in [1.82, 2.24) is 36.5 Å². The van der Waals surface area contributed by atoms with Crippen LogP contribution in [0.3, 0.4) is 0 Å². The molecule has 684 valence electrons. The summed E-state index contributed by atoms with van der Waals surface area (Å²) in [4.78, 5) is 0. The summed E-state index contributed by atoms with van der Waals surface area (Å²) in [5.74, 6) is 0. The second-order valence-corrected chi connectivity index (χ2v) is 39.4. The summed E-state index contributed by atoms with van der Waals surface area (Å²) in [5, 5.41) is 23.5. The summed E-state index contributed by atoms with van der Waals surface area (Å²) >= 11 is 1.89. The minimum atomic E-state index is 1.17. The number of fused-ring (bicyclic) bond motifs is 31. The molecule has 0 spiro atoms. The number of rotatable bonds is 9. The molecule has 9 heteroatoms. The van der Waals surface area contributed by atoms with Gasteiger partial charge in [0.1, 0.15) is 0 Å². The average molecular weight is 1870 g/mol. The number of nitrogens with zero attached hydrogens (tertiary/aromatic N) is 8. The van der Waals surface area contributed by atoms with Crippen LogP contribution >= 0.6 is 11.3 Å². The van der Waals surface area contributed by atoms with Crippen LogP contribution in [0.25, 0.3) is 257 Å². The van der Waals surface area contributed by atoms with E-state index in [2.05, 4.69) is 562 Å². The maximum atomic E-state index is 2.48. The van der Waals surface area contributed by atoms with E-state index in [4.69, 9.17) is 0 Å². The van der Waals surface area contributed by atoms with Crippen molar-refractivity contribution in [3.63, 3.8) is 0 Å². The molecule has 8 nitrogen and oxygen atoms in total. The Morgan fingerprint density at radius 3 is 0.772 bits per heavy atom. The highest BCUT2D eigenvalue weighted by atomic mass is 32.1. The molecule has 9 heterocycles. The van der Waals surface area contributed by atoms with Crippen LogP contribution < -0.4 is 0 Å². The van der Waals surface area contributed by atoms with Crippen molar-refractivity contribution in [2.24, 2.45) is 7.05 Å². The molecular weight excluding hydrogens is 1780 g/mol. The molecule has 0 amide bonds. The fourth-order valence-electron chi connectivity index (χ4n) is 23.9. The van der Waals surface area contributed by atoms with E-state index < -0.39 is 0 Å². The molecule has 0 atom stereocenters. The van der Waals surface area contributed by atoms with Crippen LogP contribution in [0.15, 0.2) is 497 Å². The summed E-state index contributed by atoms with van der Waals surface area (Å²) < 4.78 is 21.9. The summed E-state index contributed by atoms with van der Waals surface area (Å²) in [6.07, 6.45) is 0. The molecular formula is C136H94N8S. The quantitative estimate of drug-likeness (QED) is 0.138. The van der Waals surface area contributed by atoms with Gasteiger partial charge in [0.2, 0.25) is 0 Å². The van der Waals surface area contributed by atoms with Crippen LogP contribution in [0, 0.1) is 20.8 Å². The maximum Gasteiger partial charge on any atom is 0.0640 e. The van der Waals surface area contributed by atoms with Gasteiger partial charge in [-0.05, 0) is 242 Å². The Labute approximate surface area is 840 Å². The minimum absolute atomic E-state index is 1.17. The Balaban J connectivity index is 0.0000000940. The van der Waals surface area contributed by atoms with E-state index in [1.54, 1.807) is 0 Å². The first-order valence-electron chi connectivity index (χ1n) is 49.9. The van der Waals surface area contributed by atoms with E-state index in [0.29, 0.717) is 0 Å². The molecule has 0 N–H and O–H groups in total. The zero-order chi connectivity index (χ0) is 96.2. The number of hydrogen-bond acceptors (Lipinski definition) is 1. The van der Waals surface area contributed by atoms with Crippen molar-refractivity contribution in [2.75, 3.05) is 0 Å². The van der Waals surface area contributed by atoms with Crippen molar-refractivity contribution in [2.45, 2.75) is 20.8 Å². The molecule has 0 aliphatic rings. The highest BCUT2D eigenvalue weighted by Gasteiger charge is 2.28. The molecule has 0 saturated carbocycles. The number of hydrogen-bond donors (Lipinski definition) is 0. The monoisotopic (exact) mass is 1870 g/mol. The third-order valence-electron chi connectivity index (χ3n) is 30.0. The first-order valence-corrected chi connectivity index (χ1v) is 50.7. The van der Waals surface area contributed by atoms with Gasteiger partial charge in [-0.3, -0.25) is 0 Å². The maximum absolute atomic E-state index is 2.48. The molecule has 0 radical (unpaired) electrons. The number of para-hydroxylation sites is 9. The van der Waals surface area contributed by atoms with Crippen LogP contribution in [0.1, 0.15) is 16.7 Å². The smallest absolute Gasteiger partial charge is 0.0640 e. The number of aromatic nitrogens is 8. The summed E-state index contributed by atoms with van der Waals surface area (Å²) in [6.45, 7) is 6.47. The lowest BCUT2D eigenvalue weighted by Crippen LogP contribution is -1.95. The lowest BCUT2D eigenvalue weighted by molar-refractivity contribution is 1.01. The van der Waals surface area contributed by atoms with Crippen LogP contribution in [0.4, 0.5) is 0 Å². The van der Waals surface area contributed by atoms with Gasteiger partial charge in [0, 0.05) is 154 Å². The molecule has 0 fully saturated rings. The lowest BCUT2D eigenvalue weighted by atomic mass is 10.0. The average Bonchev–Trinajstić information content (AvgIpc) is 1.56. The summed E-state index contributed by atoms with van der Waals surface area (Å²) in [5.41, 5.74) is 36.9. The molecule has 0 bridgehead atoms. The number of aryl methyl sites for hydroxylation is 4. The van der Waals surface area contributed by atoms with E-state index in [9.17, 15) is 0 Å². The molecule has 0 aliphatic heterocycles. The Bertz CT molecular complexity index is 10700. The van der Waals surface area contributed by atoms with Gasteiger partial charge in [-0.25, -0.2) is 0 Å². The van der Waals surface area contributed by atoms with Gasteiger partial charge < -0.3 is 36.5 Å². The zero-order valence-corrected chi connectivity index (χ0v) is 81.1. The van der Waals surface area contributed by atoms with Crippen molar-refractivity contribution in [3.8, 4) is 62.1 Å². The minimum Gasteiger partial charge on any atom is -0.344 e. The fourth-order valence-corrected chi connectivity index (χ4v) is 25.1.